The average molecular weight is 361 g/mol. The van der Waals surface area contributed by atoms with Crippen LogP contribution >= 0.6 is 0 Å². The van der Waals surface area contributed by atoms with Crippen LogP contribution in [0.5, 0.6) is 17.2 Å². The summed E-state index contributed by atoms with van der Waals surface area (Å²) >= 11 is 0. The van der Waals surface area contributed by atoms with Crippen molar-refractivity contribution in [2.24, 2.45) is 0 Å². The van der Waals surface area contributed by atoms with Gasteiger partial charge in [0, 0.05) is 13.2 Å². The molecule has 26 heavy (non-hydrogen) atoms. The lowest BCUT2D eigenvalue weighted by Crippen LogP contribution is -2.27. The molecule has 2 aromatic rings. The second-order valence-electron chi connectivity index (χ2n) is 5.28. The van der Waals surface area contributed by atoms with E-state index in [1.165, 1.54) is 27.4 Å². The molecule has 0 aliphatic carbocycles. The van der Waals surface area contributed by atoms with Crippen LogP contribution in [0.2, 0.25) is 0 Å². The smallest absolute Gasteiger partial charge is 0.244 e. The maximum Gasteiger partial charge on any atom is 0.244 e. The van der Waals surface area contributed by atoms with Crippen LogP contribution in [0, 0.1) is 0 Å². The van der Waals surface area contributed by atoms with Gasteiger partial charge >= 0.3 is 0 Å². The summed E-state index contributed by atoms with van der Waals surface area (Å²) in [4.78, 5) is 12.1. The minimum atomic E-state index is -0.344. The third-order valence-electron chi connectivity index (χ3n) is 3.72. The lowest BCUT2D eigenvalue weighted by molar-refractivity contribution is -0.117. The van der Waals surface area contributed by atoms with E-state index in [2.05, 4.69) is 5.32 Å². The first-order valence-electron chi connectivity index (χ1n) is 7.95. The van der Waals surface area contributed by atoms with Gasteiger partial charge in [-0.05, 0) is 35.9 Å². The summed E-state index contributed by atoms with van der Waals surface area (Å²) in [6, 6.07) is 7.08. The molecule has 0 radical (unpaired) electrons. The Kier molecular flexibility index (Phi) is 7.11. The molecule has 0 saturated carbocycles. The van der Waals surface area contributed by atoms with Gasteiger partial charge in [-0.2, -0.15) is 0 Å². The van der Waals surface area contributed by atoms with Crippen molar-refractivity contribution in [3.05, 3.63) is 47.9 Å². The predicted octanol–water partition coefficient (Wildman–Crippen LogP) is 2.82. The predicted molar refractivity (Wildman–Crippen MR) is 96.6 cm³/mol. The molecule has 0 saturated heterocycles. The van der Waals surface area contributed by atoms with Crippen LogP contribution in [-0.4, -0.2) is 40.9 Å². The monoisotopic (exact) mass is 361 g/mol. The number of hydrogen-bond donors (Lipinski definition) is 1. The number of carbonyl (C=O) groups is 1. The fourth-order valence-electron chi connectivity index (χ4n) is 2.40. The van der Waals surface area contributed by atoms with Crippen LogP contribution in [0.1, 0.15) is 17.4 Å². The van der Waals surface area contributed by atoms with Crippen LogP contribution in [0.15, 0.2) is 41.0 Å². The average Bonchev–Trinajstić information content (AvgIpc) is 3.20. The number of carbonyl (C=O) groups excluding carboxylic acids is 1. The number of benzene rings is 1. The van der Waals surface area contributed by atoms with Gasteiger partial charge in [0.1, 0.15) is 11.9 Å². The number of furan rings is 1. The largest absolute Gasteiger partial charge is 0.493 e. The normalized spacial score (nSPS) is 12.0. The second-order valence-corrected chi connectivity index (χ2v) is 5.28. The quantitative estimate of drug-likeness (QED) is 0.692. The van der Waals surface area contributed by atoms with Crippen molar-refractivity contribution in [2.75, 3.05) is 35.0 Å². The molecule has 0 bridgehead atoms. The summed E-state index contributed by atoms with van der Waals surface area (Å²) in [6.07, 6.45) is 4.31. The molecule has 7 nitrogen and oxygen atoms in total. The fraction of sp³-hybridized carbons (Fsp3) is 0.316. The molecular formula is C19H23NO6. The van der Waals surface area contributed by atoms with Crippen LogP contribution in [0.25, 0.3) is 6.08 Å². The molecule has 1 aromatic carbocycles. The number of ether oxygens (including phenoxy) is 4. The van der Waals surface area contributed by atoms with Crippen molar-refractivity contribution in [3.8, 4) is 17.2 Å². The summed E-state index contributed by atoms with van der Waals surface area (Å²) < 4.78 is 26.5. The van der Waals surface area contributed by atoms with Crippen molar-refractivity contribution < 1.29 is 28.2 Å². The summed E-state index contributed by atoms with van der Waals surface area (Å²) in [5.41, 5.74) is 0.740. The van der Waals surface area contributed by atoms with Gasteiger partial charge in [-0.15, -0.1) is 0 Å². The van der Waals surface area contributed by atoms with E-state index in [0.29, 0.717) is 29.6 Å². The number of methoxy groups -OCH3 is 4. The molecule has 1 amide bonds. The van der Waals surface area contributed by atoms with E-state index in [1.807, 2.05) is 0 Å². The van der Waals surface area contributed by atoms with Gasteiger partial charge in [0.05, 0.1) is 34.1 Å². The third-order valence-corrected chi connectivity index (χ3v) is 3.72. The fourth-order valence-corrected chi connectivity index (χ4v) is 2.40. The number of hydrogen-bond acceptors (Lipinski definition) is 6. The molecular weight excluding hydrogens is 338 g/mol. The summed E-state index contributed by atoms with van der Waals surface area (Å²) in [5.74, 6) is 1.93. The maximum atomic E-state index is 12.1. The van der Waals surface area contributed by atoms with Gasteiger partial charge < -0.3 is 28.7 Å². The van der Waals surface area contributed by atoms with Gasteiger partial charge in [-0.25, -0.2) is 0 Å². The number of nitrogens with one attached hydrogen (secondary N) is 1. The van der Waals surface area contributed by atoms with Crippen LogP contribution in [0.4, 0.5) is 0 Å². The Hall–Kier alpha value is -2.93. The van der Waals surface area contributed by atoms with E-state index >= 15 is 0 Å². The first kappa shape index (κ1) is 19.4. The van der Waals surface area contributed by atoms with Crippen molar-refractivity contribution in [2.45, 2.75) is 6.10 Å². The third kappa shape index (κ3) is 4.80. The van der Waals surface area contributed by atoms with Crippen LogP contribution in [-0.2, 0) is 9.53 Å². The number of rotatable bonds is 9. The van der Waals surface area contributed by atoms with E-state index in [0.717, 1.165) is 5.56 Å². The molecule has 2 rings (SSSR count). The highest BCUT2D eigenvalue weighted by Crippen LogP contribution is 2.38. The minimum Gasteiger partial charge on any atom is -0.493 e. The second kappa shape index (κ2) is 9.53. The molecule has 1 aromatic heterocycles. The van der Waals surface area contributed by atoms with E-state index in [4.69, 9.17) is 23.4 Å². The topological polar surface area (TPSA) is 79.2 Å². The van der Waals surface area contributed by atoms with E-state index in [9.17, 15) is 4.79 Å². The molecule has 1 atom stereocenters. The van der Waals surface area contributed by atoms with Gasteiger partial charge in [0.15, 0.2) is 11.5 Å². The highest BCUT2D eigenvalue weighted by atomic mass is 16.5. The summed E-state index contributed by atoms with van der Waals surface area (Å²) in [7, 11) is 6.17. The molecule has 1 heterocycles. The zero-order valence-corrected chi connectivity index (χ0v) is 15.3. The standard InChI is InChI=1S/C19H23NO6/c1-22-15-10-13(11-16(23-2)19(15)25-4)7-8-18(21)20-12-17(24-3)14-6-5-9-26-14/h5-11,17H,12H2,1-4H3,(H,20,21)/b8-7+. The zero-order valence-electron chi connectivity index (χ0n) is 15.3. The van der Waals surface area contributed by atoms with Crippen molar-refractivity contribution in [3.63, 3.8) is 0 Å². The lowest BCUT2D eigenvalue weighted by Gasteiger charge is -2.13. The molecule has 0 aliphatic heterocycles. The summed E-state index contributed by atoms with van der Waals surface area (Å²) in [5, 5.41) is 2.77. The van der Waals surface area contributed by atoms with Crippen molar-refractivity contribution in [1.29, 1.82) is 0 Å². The Balaban J connectivity index is 2.03. The van der Waals surface area contributed by atoms with E-state index in [-0.39, 0.29) is 12.0 Å². The first-order valence-corrected chi connectivity index (χ1v) is 7.95. The Morgan fingerprint density at radius 2 is 1.85 bits per heavy atom. The minimum absolute atomic E-state index is 0.257. The highest BCUT2D eigenvalue weighted by molar-refractivity contribution is 5.91. The maximum absolute atomic E-state index is 12.1. The van der Waals surface area contributed by atoms with Gasteiger partial charge in [-0.3, -0.25) is 4.79 Å². The molecule has 0 spiro atoms. The molecule has 0 aliphatic rings. The zero-order chi connectivity index (χ0) is 18.9. The van der Waals surface area contributed by atoms with E-state index < -0.39 is 0 Å². The Bertz CT molecular complexity index is 713. The molecule has 0 fully saturated rings. The SMILES string of the molecule is COc1cc(/C=C/C(=O)NCC(OC)c2ccco2)cc(OC)c1OC. The van der Waals surface area contributed by atoms with Crippen LogP contribution < -0.4 is 19.5 Å². The Morgan fingerprint density at radius 3 is 2.35 bits per heavy atom. The van der Waals surface area contributed by atoms with Crippen LogP contribution in [0.3, 0.4) is 0 Å². The first-order chi connectivity index (χ1) is 12.6. The van der Waals surface area contributed by atoms with Crippen molar-refractivity contribution in [1.82, 2.24) is 5.32 Å². The van der Waals surface area contributed by atoms with Crippen molar-refractivity contribution >= 4 is 12.0 Å². The lowest BCUT2D eigenvalue weighted by atomic mass is 10.1. The number of amides is 1. The molecule has 140 valence electrons. The molecule has 7 heteroatoms. The van der Waals surface area contributed by atoms with E-state index in [1.54, 1.807) is 43.7 Å². The highest BCUT2D eigenvalue weighted by Gasteiger charge is 2.14. The van der Waals surface area contributed by atoms with Gasteiger partial charge in [0.25, 0.3) is 0 Å². The van der Waals surface area contributed by atoms with Gasteiger partial charge in [-0.1, -0.05) is 0 Å². The Morgan fingerprint density at radius 1 is 1.15 bits per heavy atom. The molecule has 1 unspecified atom stereocenters. The summed E-state index contributed by atoms with van der Waals surface area (Å²) in [6.45, 7) is 0.294. The molecule has 1 N–H and O–H groups in total. The van der Waals surface area contributed by atoms with Gasteiger partial charge in [0.2, 0.25) is 11.7 Å². The Labute approximate surface area is 152 Å².